The maximum Gasteiger partial charge on any atom is 0.220 e. The van der Waals surface area contributed by atoms with Crippen molar-refractivity contribution in [2.24, 2.45) is 0 Å². The minimum Gasteiger partial charge on any atom is -0.394 e. The van der Waals surface area contributed by atoms with E-state index in [1.165, 1.54) is 128 Å². The number of alkyl halides is 1. The van der Waals surface area contributed by atoms with Gasteiger partial charge in [-0.15, -0.1) is 0 Å². The standard InChI is InChI=1S/C38H74FNO7/c1-3-5-6-7-8-9-10-11-12-13-14-15-16-17-18-19-20-21-22-23-24-25-26-28-34(42)40-32(31(39)27-4-2)30-46-38-37(45)36(44)35(43)33(29-41)47-38/h31-33,35-38,41,43-45H,3-30H2,1-2H3,(H,40,42)/t31-,32+,33?,35+,36?,37?,38+/m1/s1. The molecule has 1 saturated heterocycles. The van der Waals surface area contributed by atoms with Crippen LogP contribution in [-0.4, -0.2) is 82.5 Å². The summed E-state index contributed by atoms with van der Waals surface area (Å²) < 4.78 is 25.7. The van der Waals surface area contributed by atoms with Crippen LogP contribution in [0.2, 0.25) is 0 Å². The molecule has 47 heavy (non-hydrogen) atoms. The summed E-state index contributed by atoms with van der Waals surface area (Å²) in [7, 11) is 0. The Bertz CT molecular complexity index is 716. The molecule has 1 amide bonds. The number of carbonyl (C=O) groups is 1. The van der Waals surface area contributed by atoms with Gasteiger partial charge in [0.15, 0.2) is 6.29 Å². The number of ether oxygens (including phenoxy) is 2. The summed E-state index contributed by atoms with van der Waals surface area (Å²) in [6.07, 6.45) is 23.0. The van der Waals surface area contributed by atoms with Crippen LogP contribution in [0.15, 0.2) is 0 Å². The van der Waals surface area contributed by atoms with E-state index in [1.807, 2.05) is 6.92 Å². The van der Waals surface area contributed by atoms with E-state index < -0.39 is 49.5 Å². The molecule has 0 spiro atoms. The normalized spacial score (nSPS) is 22.7. The average molecular weight is 676 g/mol. The Labute approximate surface area is 287 Å². The van der Waals surface area contributed by atoms with Crippen LogP contribution in [0.4, 0.5) is 4.39 Å². The first-order valence-corrected chi connectivity index (χ1v) is 19.7. The van der Waals surface area contributed by atoms with Crippen LogP contribution in [0.5, 0.6) is 0 Å². The lowest BCUT2D eigenvalue weighted by molar-refractivity contribution is -0.302. The molecule has 1 aliphatic heterocycles. The summed E-state index contributed by atoms with van der Waals surface area (Å²) in [4.78, 5) is 12.6. The SMILES string of the molecule is CCCCCCCCCCCCCCCCCCCCCCCCCC(=O)N[C@@H](CO[C@H]1OC(CO)[C@H](O)C(O)C1O)[C@H](F)CCC. The first-order chi connectivity index (χ1) is 22.8. The summed E-state index contributed by atoms with van der Waals surface area (Å²) in [6.45, 7) is 3.29. The molecule has 3 unspecified atom stereocenters. The number of carbonyl (C=O) groups excluding carboxylic acids is 1. The van der Waals surface area contributed by atoms with Crippen molar-refractivity contribution < 1.29 is 39.1 Å². The highest BCUT2D eigenvalue weighted by Crippen LogP contribution is 2.23. The second-order valence-electron chi connectivity index (χ2n) is 14.0. The van der Waals surface area contributed by atoms with Crippen LogP contribution in [0.25, 0.3) is 0 Å². The summed E-state index contributed by atoms with van der Waals surface area (Å²) in [5, 5.41) is 42.2. The first kappa shape index (κ1) is 44.2. The minimum absolute atomic E-state index is 0.239. The zero-order chi connectivity index (χ0) is 34.5. The predicted octanol–water partition coefficient (Wildman–Crippen LogP) is 7.81. The van der Waals surface area contributed by atoms with E-state index >= 15 is 0 Å². The van der Waals surface area contributed by atoms with Crippen LogP contribution in [0, 0.1) is 0 Å². The van der Waals surface area contributed by atoms with Crippen molar-refractivity contribution in [1.29, 1.82) is 0 Å². The number of aliphatic hydroxyl groups excluding tert-OH is 4. The lowest BCUT2D eigenvalue weighted by atomic mass is 9.99. The highest BCUT2D eigenvalue weighted by atomic mass is 19.1. The van der Waals surface area contributed by atoms with Gasteiger partial charge in [-0.1, -0.05) is 162 Å². The van der Waals surface area contributed by atoms with Gasteiger partial charge in [-0.3, -0.25) is 4.79 Å². The fourth-order valence-electron chi connectivity index (χ4n) is 6.47. The molecule has 0 bridgehead atoms. The highest BCUT2D eigenvalue weighted by Gasteiger charge is 2.44. The number of hydrogen-bond acceptors (Lipinski definition) is 7. The summed E-state index contributed by atoms with van der Waals surface area (Å²) >= 11 is 0. The molecule has 1 fully saturated rings. The second kappa shape index (κ2) is 30.0. The molecule has 0 saturated carbocycles. The summed E-state index contributed by atoms with van der Waals surface area (Å²) in [5.41, 5.74) is 0. The van der Waals surface area contributed by atoms with Gasteiger partial charge >= 0.3 is 0 Å². The summed E-state index contributed by atoms with van der Waals surface area (Å²) in [5.74, 6) is -0.241. The number of rotatable bonds is 32. The lowest BCUT2D eigenvalue weighted by Crippen LogP contribution is -2.59. The van der Waals surface area contributed by atoms with E-state index in [-0.39, 0.29) is 18.9 Å². The zero-order valence-corrected chi connectivity index (χ0v) is 30.2. The van der Waals surface area contributed by atoms with Crippen molar-refractivity contribution in [1.82, 2.24) is 5.32 Å². The quantitative estimate of drug-likeness (QED) is 0.0460. The first-order valence-electron chi connectivity index (χ1n) is 19.7. The maximum absolute atomic E-state index is 14.8. The molecule has 1 heterocycles. The maximum atomic E-state index is 14.8. The fraction of sp³-hybridized carbons (Fsp3) is 0.974. The van der Waals surface area contributed by atoms with Crippen LogP contribution >= 0.6 is 0 Å². The molecule has 9 heteroatoms. The third kappa shape index (κ3) is 21.8. The van der Waals surface area contributed by atoms with Gasteiger partial charge in [0.05, 0.1) is 19.3 Å². The molecular formula is C38H74FNO7. The smallest absolute Gasteiger partial charge is 0.220 e. The van der Waals surface area contributed by atoms with Gasteiger partial charge in [-0.25, -0.2) is 4.39 Å². The number of unbranched alkanes of at least 4 members (excludes halogenated alkanes) is 22. The monoisotopic (exact) mass is 676 g/mol. The minimum atomic E-state index is -1.57. The number of aliphatic hydroxyl groups is 4. The van der Waals surface area contributed by atoms with E-state index in [0.29, 0.717) is 12.8 Å². The number of nitrogens with one attached hydrogen (secondary N) is 1. The van der Waals surface area contributed by atoms with Gasteiger partial charge in [-0.05, 0) is 12.8 Å². The van der Waals surface area contributed by atoms with Crippen LogP contribution in [0.3, 0.4) is 0 Å². The van der Waals surface area contributed by atoms with Crippen LogP contribution < -0.4 is 5.32 Å². The third-order valence-electron chi connectivity index (χ3n) is 9.64. The third-order valence-corrected chi connectivity index (χ3v) is 9.64. The van der Waals surface area contributed by atoms with Gasteiger partial charge in [-0.2, -0.15) is 0 Å². The Morgan fingerprint density at radius 2 is 1.09 bits per heavy atom. The zero-order valence-electron chi connectivity index (χ0n) is 30.2. The van der Waals surface area contributed by atoms with E-state index in [2.05, 4.69) is 12.2 Å². The predicted molar refractivity (Wildman–Crippen MR) is 188 cm³/mol. The van der Waals surface area contributed by atoms with Crippen molar-refractivity contribution in [2.45, 2.75) is 224 Å². The number of amides is 1. The second-order valence-corrected chi connectivity index (χ2v) is 14.0. The largest absolute Gasteiger partial charge is 0.394 e. The molecular weight excluding hydrogens is 601 g/mol. The van der Waals surface area contributed by atoms with Crippen LogP contribution in [-0.2, 0) is 14.3 Å². The van der Waals surface area contributed by atoms with Gasteiger partial charge in [0.2, 0.25) is 5.91 Å². The van der Waals surface area contributed by atoms with Crippen molar-refractivity contribution in [3.63, 3.8) is 0 Å². The van der Waals surface area contributed by atoms with Crippen molar-refractivity contribution >= 4 is 5.91 Å². The van der Waals surface area contributed by atoms with E-state index in [9.17, 15) is 29.6 Å². The Balaban J connectivity index is 2.01. The molecule has 5 N–H and O–H groups in total. The molecule has 1 rings (SSSR count). The Morgan fingerprint density at radius 3 is 1.49 bits per heavy atom. The Morgan fingerprint density at radius 1 is 0.660 bits per heavy atom. The number of hydrogen-bond donors (Lipinski definition) is 5. The molecule has 1 aliphatic rings. The molecule has 0 aromatic heterocycles. The van der Waals surface area contributed by atoms with Gasteiger partial charge in [0.1, 0.15) is 30.6 Å². The van der Waals surface area contributed by atoms with Crippen molar-refractivity contribution in [3.8, 4) is 0 Å². The molecule has 0 radical (unpaired) electrons. The summed E-state index contributed by atoms with van der Waals surface area (Å²) in [6, 6.07) is -0.931. The van der Waals surface area contributed by atoms with Gasteiger partial charge in [0, 0.05) is 6.42 Å². The molecule has 0 aromatic rings. The lowest BCUT2D eigenvalue weighted by Gasteiger charge is -2.40. The molecule has 7 atom stereocenters. The Kier molecular flexibility index (Phi) is 28.2. The molecule has 8 nitrogen and oxygen atoms in total. The molecule has 0 aliphatic carbocycles. The van der Waals surface area contributed by atoms with Crippen molar-refractivity contribution in [2.75, 3.05) is 13.2 Å². The van der Waals surface area contributed by atoms with Gasteiger partial charge in [0.25, 0.3) is 0 Å². The average Bonchev–Trinajstić information content (AvgIpc) is 3.06. The topological polar surface area (TPSA) is 128 Å². The van der Waals surface area contributed by atoms with Crippen LogP contribution in [0.1, 0.15) is 181 Å². The van der Waals surface area contributed by atoms with E-state index in [0.717, 1.165) is 19.3 Å². The molecule has 0 aromatic carbocycles. The Hall–Kier alpha value is -0.840. The highest BCUT2D eigenvalue weighted by molar-refractivity contribution is 5.76. The molecule has 280 valence electrons. The van der Waals surface area contributed by atoms with E-state index in [1.54, 1.807) is 0 Å². The van der Waals surface area contributed by atoms with Crippen molar-refractivity contribution in [3.05, 3.63) is 0 Å². The number of halogens is 1. The van der Waals surface area contributed by atoms with Gasteiger partial charge < -0.3 is 35.2 Å². The fourth-order valence-corrected chi connectivity index (χ4v) is 6.47. The van der Waals surface area contributed by atoms with E-state index in [4.69, 9.17) is 9.47 Å².